The molecule has 0 atom stereocenters. The molecular formula is C22H21F3N4O. The van der Waals surface area contributed by atoms with Crippen molar-refractivity contribution >= 4 is 28.1 Å². The van der Waals surface area contributed by atoms with E-state index in [1.807, 2.05) is 18.2 Å². The summed E-state index contributed by atoms with van der Waals surface area (Å²) in [5.74, 6) is -0.510. The molecule has 2 aromatic heterocycles. The normalized spacial score (nSPS) is 14.7. The summed E-state index contributed by atoms with van der Waals surface area (Å²) in [6.07, 6.45) is 2.37. The molecule has 4 rings (SSSR count). The number of benzene rings is 1. The highest BCUT2D eigenvalue weighted by molar-refractivity contribution is 6.11. The lowest BCUT2D eigenvalue weighted by atomic mass is 10.0. The van der Waals surface area contributed by atoms with Gasteiger partial charge in [0.2, 0.25) is 0 Å². The van der Waals surface area contributed by atoms with E-state index in [9.17, 15) is 18.0 Å². The third-order valence-electron chi connectivity index (χ3n) is 5.36. The third kappa shape index (κ3) is 3.94. The van der Waals surface area contributed by atoms with E-state index < -0.39 is 17.8 Å². The average molecular weight is 414 g/mol. The van der Waals surface area contributed by atoms with Crippen LogP contribution in [0.2, 0.25) is 0 Å². The number of carbonyl (C=O) groups is 1. The number of nitrogens with one attached hydrogen (secondary N) is 1. The smallest absolute Gasteiger partial charge is 0.371 e. The van der Waals surface area contributed by atoms with Crippen LogP contribution >= 0.6 is 0 Å². The van der Waals surface area contributed by atoms with Gasteiger partial charge < -0.3 is 10.2 Å². The summed E-state index contributed by atoms with van der Waals surface area (Å²) in [7, 11) is 0. The monoisotopic (exact) mass is 414 g/mol. The number of alkyl halides is 3. The summed E-state index contributed by atoms with van der Waals surface area (Å²) in [6.45, 7) is 3.36. The van der Waals surface area contributed by atoms with Gasteiger partial charge in [0.25, 0.3) is 5.91 Å². The minimum Gasteiger partial charge on any atom is -0.371 e. The summed E-state index contributed by atoms with van der Waals surface area (Å²) < 4.78 is 38.5. The Labute approximate surface area is 171 Å². The zero-order valence-electron chi connectivity index (χ0n) is 16.5. The van der Waals surface area contributed by atoms with Gasteiger partial charge in [0.15, 0.2) is 0 Å². The number of fused-ring (bicyclic) bond motifs is 1. The molecule has 8 heteroatoms. The van der Waals surface area contributed by atoms with Crippen molar-refractivity contribution in [2.75, 3.05) is 23.3 Å². The summed E-state index contributed by atoms with van der Waals surface area (Å²) in [5.41, 5.74) is 0.757. The second-order valence-corrected chi connectivity index (χ2v) is 7.38. The van der Waals surface area contributed by atoms with Gasteiger partial charge in [0, 0.05) is 41.9 Å². The molecule has 0 aliphatic carbocycles. The largest absolute Gasteiger partial charge is 0.433 e. The van der Waals surface area contributed by atoms with Crippen molar-refractivity contribution < 1.29 is 18.0 Å². The number of nitrogens with zero attached hydrogens (tertiary/aromatic N) is 3. The van der Waals surface area contributed by atoms with Crippen LogP contribution in [0.4, 0.5) is 24.5 Å². The van der Waals surface area contributed by atoms with Gasteiger partial charge in [-0.25, -0.2) is 4.98 Å². The zero-order chi connectivity index (χ0) is 21.3. The number of pyridine rings is 2. The fourth-order valence-corrected chi connectivity index (χ4v) is 3.84. The number of rotatable bonds is 3. The summed E-state index contributed by atoms with van der Waals surface area (Å²) >= 11 is 0. The van der Waals surface area contributed by atoms with Crippen LogP contribution in [-0.2, 0) is 6.18 Å². The number of anilines is 2. The van der Waals surface area contributed by atoms with Crippen LogP contribution in [0.25, 0.3) is 10.8 Å². The van der Waals surface area contributed by atoms with Crippen molar-refractivity contribution in [3.8, 4) is 0 Å². The summed E-state index contributed by atoms with van der Waals surface area (Å²) in [6, 6.07) is 7.68. The summed E-state index contributed by atoms with van der Waals surface area (Å²) in [4.78, 5) is 22.8. The van der Waals surface area contributed by atoms with Gasteiger partial charge in [-0.2, -0.15) is 13.2 Å². The molecule has 1 aliphatic rings. The lowest BCUT2D eigenvalue weighted by Gasteiger charge is -2.30. The number of carbonyl (C=O) groups excluding carboxylic acids is 1. The summed E-state index contributed by atoms with van der Waals surface area (Å²) in [5, 5.41) is 4.57. The molecule has 156 valence electrons. The molecule has 30 heavy (non-hydrogen) atoms. The first-order valence-corrected chi connectivity index (χ1v) is 9.82. The molecule has 0 radical (unpaired) electrons. The van der Waals surface area contributed by atoms with Crippen LogP contribution < -0.4 is 10.2 Å². The highest BCUT2D eigenvalue weighted by Gasteiger charge is 2.33. The van der Waals surface area contributed by atoms with Gasteiger partial charge in [-0.15, -0.1) is 0 Å². The van der Waals surface area contributed by atoms with E-state index in [4.69, 9.17) is 0 Å². The Hall–Kier alpha value is -3.16. The van der Waals surface area contributed by atoms with E-state index >= 15 is 0 Å². The Bertz CT molecular complexity index is 1090. The van der Waals surface area contributed by atoms with E-state index in [2.05, 4.69) is 20.2 Å². The predicted molar refractivity (Wildman–Crippen MR) is 110 cm³/mol. The van der Waals surface area contributed by atoms with E-state index in [1.54, 1.807) is 12.4 Å². The Kier molecular flexibility index (Phi) is 5.32. The Balaban J connectivity index is 1.65. The fourth-order valence-electron chi connectivity index (χ4n) is 3.84. The maximum absolute atomic E-state index is 12.8. The van der Waals surface area contributed by atoms with Crippen LogP contribution in [0, 0.1) is 6.92 Å². The highest BCUT2D eigenvalue weighted by atomic mass is 19.4. The third-order valence-corrected chi connectivity index (χ3v) is 5.36. The lowest BCUT2D eigenvalue weighted by molar-refractivity contribution is -0.141. The van der Waals surface area contributed by atoms with Crippen molar-refractivity contribution in [2.45, 2.75) is 32.4 Å². The number of hydrogen-bond donors (Lipinski definition) is 1. The molecular weight excluding hydrogens is 393 g/mol. The van der Waals surface area contributed by atoms with Crippen LogP contribution in [0.3, 0.4) is 0 Å². The van der Waals surface area contributed by atoms with Crippen LogP contribution in [-0.4, -0.2) is 29.0 Å². The minimum atomic E-state index is -4.55. The second-order valence-electron chi connectivity index (χ2n) is 7.38. The molecule has 1 fully saturated rings. The van der Waals surface area contributed by atoms with Gasteiger partial charge >= 0.3 is 6.18 Å². The quantitative estimate of drug-likeness (QED) is 0.640. The van der Waals surface area contributed by atoms with E-state index in [0.29, 0.717) is 5.69 Å². The number of aryl methyl sites for hydroxylation is 1. The zero-order valence-corrected chi connectivity index (χ0v) is 16.5. The molecule has 0 spiro atoms. The van der Waals surface area contributed by atoms with Crippen molar-refractivity contribution in [1.29, 1.82) is 0 Å². The Morgan fingerprint density at radius 3 is 2.50 bits per heavy atom. The van der Waals surface area contributed by atoms with Crippen LogP contribution in [0.5, 0.6) is 0 Å². The average Bonchev–Trinajstić information content (AvgIpc) is 2.74. The highest BCUT2D eigenvalue weighted by Crippen LogP contribution is 2.34. The standard InChI is InChI=1S/C22H21F3N4O/c1-14-15(5-8-20(27-14)22(23,24)25)21(30)28-18-6-7-19(29-11-3-2-4-12-29)16-9-10-26-13-17(16)18/h5-10,13H,2-4,11-12H2,1H3,(H,28,30). The van der Waals surface area contributed by atoms with E-state index in [1.165, 1.54) is 13.3 Å². The molecule has 1 N–H and O–H groups in total. The number of piperidine rings is 1. The molecule has 1 aliphatic heterocycles. The van der Waals surface area contributed by atoms with Gasteiger partial charge in [-0.05, 0) is 56.5 Å². The van der Waals surface area contributed by atoms with Crippen molar-refractivity contribution in [1.82, 2.24) is 9.97 Å². The molecule has 0 unspecified atom stereocenters. The fraction of sp³-hybridized carbons (Fsp3) is 0.318. The van der Waals surface area contributed by atoms with Gasteiger partial charge in [-0.3, -0.25) is 9.78 Å². The van der Waals surface area contributed by atoms with E-state index in [-0.39, 0.29) is 11.3 Å². The van der Waals surface area contributed by atoms with Gasteiger partial charge in [-0.1, -0.05) is 0 Å². The molecule has 0 bridgehead atoms. The van der Waals surface area contributed by atoms with Gasteiger partial charge in [0.05, 0.1) is 16.9 Å². The Morgan fingerprint density at radius 1 is 1.03 bits per heavy atom. The maximum atomic E-state index is 12.8. The van der Waals surface area contributed by atoms with E-state index in [0.717, 1.165) is 54.5 Å². The Morgan fingerprint density at radius 2 is 1.80 bits per heavy atom. The van der Waals surface area contributed by atoms with Crippen molar-refractivity contribution in [2.24, 2.45) is 0 Å². The second kappa shape index (κ2) is 7.93. The first-order valence-electron chi connectivity index (χ1n) is 9.82. The van der Waals surface area contributed by atoms with Gasteiger partial charge in [0.1, 0.15) is 5.69 Å². The molecule has 1 saturated heterocycles. The lowest BCUT2D eigenvalue weighted by Crippen LogP contribution is -2.29. The molecule has 3 heterocycles. The molecule has 3 aromatic rings. The predicted octanol–water partition coefficient (Wildman–Crippen LogP) is 5.20. The first kappa shape index (κ1) is 20.1. The topological polar surface area (TPSA) is 58.1 Å². The number of hydrogen-bond acceptors (Lipinski definition) is 4. The number of aromatic nitrogens is 2. The molecule has 5 nitrogen and oxygen atoms in total. The SMILES string of the molecule is Cc1nc(C(F)(F)F)ccc1C(=O)Nc1ccc(N2CCCCC2)c2ccncc12. The van der Waals surface area contributed by atoms with Crippen LogP contribution in [0.15, 0.2) is 42.7 Å². The first-order chi connectivity index (χ1) is 14.3. The van der Waals surface area contributed by atoms with Crippen molar-refractivity contribution in [3.05, 3.63) is 59.7 Å². The molecule has 1 amide bonds. The number of amides is 1. The van der Waals surface area contributed by atoms with Crippen molar-refractivity contribution in [3.63, 3.8) is 0 Å². The molecule has 1 aromatic carbocycles. The maximum Gasteiger partial charge on any atom is 0.433 e. The van der Waals surface area contributed by atoms with Crippen LogP contribution in [0.1, 0.15) is 41.0 Å². The minimum absolute atomic E-state index is 0.0229. The number of halogens is 3. The molecule has 0 saturated carbocycles.